The molecule has 3 aromatic heterocycles. The summed E-state index contributed by atoms with van der Waals surface area (Å²) >= 11 is 4.95. The van der Waals surface area contributed by atoms with E-state index in [0.29, 0.717) is 23.8 Å². The van der Waals surface area contributed by atoms with Gasteiger partial charge in [-0.25, -0.2) is 4.98 Å². The van der Waals surface area contributed by atoms with Gasteiger partial charge in [0, 0.05) is 21.9 Å². The lowest BCUT2D eigenvalue weighted by atomic mass is 9.97. The number of rotatable bonds is 7. The molecule has 0 fully saturated rings. The zero-order chi connectivity index (χ0) is 19.5. The van der Waals surface area contributed by atoms with Crippen molar-refractivity contribution in [3.8, 4) is 0 Å². The molecule has 0 saturated carbocycles. The van der Waals surface area contributed by atoms with Crippen LogP contribution in [0.25, 0.3) is 10.2 Å². The van der Waals surface area contributed by atoms with Crippen molar-refractivity contribution in [3.63, 3.8) is 0 Å². The lowest BCUT2D eigenvalue weighted by molar-refractivity contribution is -0.121. The number of aromatic amines is 1. The van der Waals surface area contributed by atoms with Crippen molar-refractivity contribution in [2.75, 3.05) is 5.75 Å². The topological polar surface area (TPSA) is 74.8 Å². The van der Waals surface area contributed by atoms with Crippen LogP contribution in [0.2, 0.25) is 0 Å². The molecule has 3 heterocycles. The number of carbonyl (C=O) groups excluding carboxylic acids is 1. The normalized spacial score (nSPS) is 14.8. The van der Waals surface area contributed by atoms with E-state index in [2.05, 4.69) is 15.3 Å². The quantitative estimate of drug-likeness (QED) is 0.541. The zero-order valence-corrected chi connectivity index (χ0v) is 18.2. The highest BCUT2D eigenvalue weighted by molar-refractivity contribution is 7.98. The third kappa shape index (κ3) is 4.34. The van der Waals surface area contributed by atoms with Crippen molar-refractivity contribution >= 4 is 50.6 Å². The Morgan fingerprint density at radius 2 is 2.25 bits per heavy atom. The smallest absolute Gasteiger partial charge is 0.259 e. The first-order valence-corrected chi connectivity index (χ1v) is 12.4. The van der Waals surface area contributed by atoms with E-state index in [0.717, 1.165) is 34.4 Å². The van der Waals surface area contributed by atoms with Crippen molar-refractivity contribution in [1.29, 1.82) is 0 Å². The zero-order valence-electron chi connectivity index (χ0n) is 15.7. The standard InChI is InChI=1S/C20H23N3O2S3/c1-12(14-7-4-9-27-14)21-17(24)8-10-26-11-16-22-19(25)18-13-5-2-3-6-15(13)28-20(18)23-16/h4,7,9,12H,2-3,5-6,8,10-11H2,1H3,(H,21,24)(H,22,23,25). The highest BCUT2D eigenvalue weighted by Crippen LogP contribution is 2.33. The molecule has 0 saturated heterocycles. The second-order valence-corrected chi connectivity index (χ2v) is 10.2. The summed E-state index contributed by atoms with van der Waals surface area (Å²) in [5.74, 6) is 2.07. The summed E-state index contributed by atoms with van der Waals surface area (Å²) in [6.07, 6.45) is 4.88. The molecule has 1 unspecified atom stereocenters. The summed E-state index contributed by atoms with van der Waals surface area (Å²) < 4.78 is 0. The number of hydrogen-bond acceptors (Lipinski definition) is 6. The Balaban J connectivity index is 1.31. The van der Waals surface area contributed by atoms with E-state index in [9.17, 15) is 9.59 Å². The number of amides is 1. The lowest BCUT2D eigenvalue weighted by Crippen LogP contribution is -2.26. The van der Waals surface area contributed by atoms with Crippen LogP contribution in [0.1, 0.15) is 53.4 Å². The van der Waals surface area contributed by atoms with Crippen molar-refractivity contribution in [3.05, 3.63) is 49.0 Å². The van der Waals surface area contributed by atoms with Gasteiger partial charge in [-0.1, -0.05) is 6.07 Å². The largest absolute Gasteiger partial charge is 0.349 e. The van der Waals surface area contributed by atoms with Gasteiger partial charge in [0.15, 0.2) is 0 Å². The number of fused-ring (bicyclic) bond motifs is 3. The molecule has 2 N–H and O–H groups in total. The number of nitrogens with zero attached hydrogens (tertiary/aromatic N) is 1. The minimum absolute atomic E-state index is 0.0116. The number of carbonyl (C=O) groups is 1. The number of thiophene rings is 2. The Hall–Kier alpha value is -1.64. The number of aryl methyl sites for hydroxylation is 2. The number of thioether (sulfide) groups is 1. The molecular weight excluding hydrogens is 410 g/mol. The SMILES string of the molecule is CC(NC(=O)CCSCc1nc2sc3c(c2c(=O)[nH]1)CCCC3)c1cccs1. The van der Waals surface area contributed by atoms with Crippen LogP contribution in [-0.2, 0) is 23.4 Å². The first-order chi connectivity index (χ1) is 13.6. The molecule has 28 heavy (non-hydrogen) atoms. The number of hydrogen-bond donors (Lipinski definition) is 2. The highest BCUT2D eigenvalue weighted by atomic mass is 32.2. The van der Waals surface area contributed by atoms with Crippen LogP contribution in [0, 0.1) is 0 Å². The number of nitrogens with one attached hydrogen (secondary N) is 2. The minimum Gasteiger partial charge on any atom is -0.349 e. The predicted molar refractivity (Wildman–Crippen MR) is 119 cm³/mol. The molecule has 0 spiro atoms. The van der Waals surface area contributed by atoms with Gasteiger partial charge < -0.3 is 10.3 Å². The summed E-state index contributed by atoms with van der Waals surface area (Å²) in [6.45, 7) is 2.00. The number of aromatic nitrogens is 2. The average molecular weight is 434 g/mol. The molecule has 8 heteroatoms. The Labute approximate surface area is 176 Å². The van der Waals surface area contributed by atoms with E-state index < -0.39 is 0 Å². The van der Waals surface area contributed by atoms with E-state index in [4.69, 9.17) is 0 Å². The third-order valence-corrected chi connectivity index (χ3v) is 8.14. The van der Waals surface area contributed by atoms with E-state index in [1.54, 1.807) is 34.4 Å². The van der Waals surface area contributed by atoms with Crippen LogP contribution in [-0.4, -0.2) is 21.6 Å². The van der Waals surface area contributed by atoms with E-state index >= 15 is 0 Å². The average Bonchev–Trinajstić information content (AvgIpc) is 3.33. The molecular formula is C20H23N3O2S3. The summed E-state index contributed by atoms with van der Waals surface area (Å²) in [5.41, 5.74) is 1.21. The highest BCUT2D eigenvalue weighted by Gasteiger charge is 2.19. The summed E-state index contributed by atoms with van der Waals surface area (Å²) in [5, 5.41) is 5.85. The van der Waals surface area contributed by atoms with Crippen LogP contribution in [0.5, 0.6) is 0 Å². The molecule has 3 aromatic rings. The summed E-state index contributed by atoms with van der Waals surface area (Å²) in [7, 11) is 0. The van der Waals surface area contributed by atoms with Crippen LogP contribution in [0.4, 0.5) is 0 Å². The lowest BCUT2D eigenvalue weighted by Gasteiger charge is -2.12. The maximum atomic E-state index is 12.5. The minimum atomic E-state index is -0.0116. The number of H-pyrrole nitrogens is 1. The first kappa shape index (κ1) is 19.7. The molecule has 0 bridgehead atoms. The van der Waals surface area contributed by atoms with Gasteiger partial charge in [0.1, 0.15) is 10.7 Å². The molecule has 0 aromatic carbocycles. The second kappa shape index (κ2) is 8.80. The molecule has 1 aliphatic carbocycles. The Morgan fingerprint density at radius 3 is 3.07 bits per heavy atom. The van der Waals surface area contributed by atoms with Crippen LogP contribution < -0.4 is 10.9 Å². The Kier molecular flexibility index (Phi) is 6.18. The van der Waals surface area contributed by atoms with Crippen molar-refractivity contribution in [1.82, 2.24) is 15.3 Å². The molecule has 0 radical (unpaired) electrons. The van der Waals surface area contributed by atoms with Gasteiger partial charge in [0.25, 0.3) is 5.56 Å². The van der Waals surface area contributed by atoms with Crippen LogP contribution in [0.15, 0.2) is 22.3 Å². The van der Waals surface area contributed by atoms with Gasteiger partial charge in [-0.15, -0.1) is 22.7 Å². The molecule has 1 aliphatic rings. The van der Waals surface area contributed by atoms with Crippen LogP contribution >= 0.6 is 34.4 Å². The van der Waals surface area contributed by atoms with E-state index in [1.807, 2.05) is 24.4 Å². The molecule has 148 valence electrons. The van der Waals surface area contributed by atoms with E-state index in [1.165, 1.54) is 16.9 Å². The molecule has 5 nitrogen and oxygen atoms in total. The van der Waals surface area contributed by atoms with Crippen molar-refractivity contribution in [2.45, 2.75) is 50.8 Å². The molecule has 0 aliphatic heterocycles. The second-order valence-electron chi connectivity index (χ2n) is 7.01. The fourth-order valence-electron chi connectivity index (χ4n) is 3.53. The molecule has 4 rings (SSSR count). The Morgan fingerprint density at radius 1 is 1.39 bits per heavy atom. The summed E-state index contributed by atoms with van der Waals surface area (Å²) in [6, 6.07) is 4.07. The fraction of sp³-hybridized carbons (Fsp3) is 0.450. The van der Waals surface area contributed by atoms with E-state index in [-0.39, 0.29) is 17.5 Å². The molecule has 1 atom stereocenters. The van der Waals surface area contributed by atoms with Gasteiger partial charge >= 0.3 is 0 Å². The maximum Gasteiger partial charge on any atom is 0.259 e. The fourth-order valence-corrected chi connectivity index (χ4v) is 6.35. The monoisotopic (exact) mass is 433 g/mol. The maximum absolute atomic E-state index is 12.5. The van der Waals surface area contributed by atoms with Gasteiger partial charge in [-0.2, -0.15) is 11.8 Å². The Bertz CT molecular complexity index is 1020. The van der Waals surface area contributed by atoms with Crippen LogP contribution in [0.3, 0.4) is 0 Å². The van der Waals surface area contributed by atoms with Gasteiger partial charge in [-0.3, -0.25) is 9.59 Å². The van der Waals surface area contributed by atoms with Gasteiger partial charge in [0.05, 0.1) is 17.2 Å². The third-order valence-electron chi connectivity index (χ3n) is 4.93. The van der Waals surface area contributed by atoms with Crippen molar-refractivity contribution in [2.24, 2.45) is 0 Å². The predicted octanol–water partition coefficient (Wildman–Crippen LogP) is 4.43. The van der Waals surface area contributed by atoms with Gasteiger partial charge in [-0.05, 0) is 49.6 Å². The first-order valence-electron chi connectivity index (χ1n) is 9.56. The van der Waals surface area contributed by atoms with Crippen molar-refractivity contribution < 1.29 is 4.79 Å². The molecule has 1 amide bonds. The van der Waals surface area contributed by atoms with Gasteiger partial charge in [0.2, 0.25) is 5.91 Å². The summed E-state index contributed by atoms with van der Waals surface area (Å²) in [4.78, 5) is 35.6.